The van der Waals surface area contributed by atoms with Crippen LogP contribution in [0.3, 0.4) is 0 Å². The molecular weight excluding hydrogens is 364 g/mol. The van der Waals surface area contributed by atoms with Gasteiger partial charge in [-0.1, -0.05) is 63.2 Å². The number of hydrogen-bond donors (Lipinski definition) is 1. The van der Waals surface area contributed by atoms with Crippen molar-refractivity contribution in [2.75, 3.05) is 7.11 Å². The van der Waals surface area contributed by atoms with Crippen LogP contribution in [0.25, 0.3) is 21.8 Å². The maximum atomic E-state index is 13.3. The summed E-state index contributed by atoms with van der Waals surface area (Å²) >= 11 is 0. The van der Waals surface area contributed by atoms with E-state index >= 15 is 0 Å². The number of aromatic nitrogens is 2. The highest BCUT2D eigenvalue weighted by molar-refractivity contribution is 6.19. The fourth-order valence-electron chi connectivity index (χ4n) is 3.48. The summed E-state index contributed by atoms with van der Waals surface area (Å²) in [6.07, 6.45) is 0. The zero-order valence-electron chi connectivity index (χ0n) is 16.9. The Morgan fingerprint density at radius 3 is 2.31 bits per heavy atom. The smallest absolute Gasteiger partial charge is 0.356 e. The Balaban J connectivity index is 1.91. The minimum Gasteiger partial charge on any atom is -0.464 e. The lowest BCUT2D eigenvalue weighted by molar-refractivity contribution is 0.0594. The largest absolute Gasteiger partial charge is 0.464 e. The average Bonchev–Trinajstić information content (AvgIpc) is 3.10. The van der Waals surface area contributed by atoms with Gasteiger partial charge in [-0.25, -0.2) is 9.78 Å². The number of pyridine rings is 1. The van der Waals surface area contributed by atoms with E-state index in [1.165, 1.54) is 7.11 Å². The molecule has 0 saturated carbocycles. The van der Waals surface area contributed by atoms with Crippen LogP contribution in [0.1, 0.15) is 52.9 Å². The number of benzene rings is 2. The molecule has 5 nitrogen and oxygen atoms in total. The molecule has 2 aromatic heterocycles. The van der Waals surface area contributed by atoms with Crippen LogP contribution in [0.4, 0.5) is 0 Å². The second-order valence-corrected chi connectivity index (χ2v) is 8.10. The molecule has 5 heteroatoms. The maximum absolute atomic E-state index is 13.3. The number of fused-ring (bicyclic) bond motifs is 3. The van der Waals surface area contributed by atoms with E-state index in [0.717, 1.165) is 21.9 Å². The Morgan fingerprint density at radius 1 is 0.966 bits per heavy atom. The van der Waals surface area contributed by atoms with Gasteiger partial charge >= 0.3 is 5.97 Å². The molecule has 4 rings (SSSR count). The molecule has 0 atom stereocenters. The number of ketones is 1. The van der Waals surface area contributed by atoms with Crippen LogP contribution >= 0.6 is 0 Å². The molecule has 146 valence electrons. The van der Waals surface area contributed by atoms with Gasteiger partial charge in [0.2, 0.25) is 5.78 Å². The molecule has 0 fully saturated rings. The normalized spacial score (nSPS) is 11.7. The predicted molar refractivity (Wildman–Crippen MR) is 114 cm³/mol. The van der Waals surface area contributed by atoms with Gasteiger partial charge in [0.15, 0.2) is 0 Å². The van der Waals surface area contributed by atoms with E-state index in [1.807, 2.05) is 48.5 Å². The summed E-state index contributed by atoms with van der Waals surface area (Å²) in [4.78, 5) is 33.1. The minimum absolute atomic E-state index is 0.00489. The maximum Gasteiger partial charge on any atom is 0.356 e. The Morgan fingerprint density at radius 2 is 1.66 bits per heavy atom. The Labute approximate surface area is 168 Å². The third-order valence-corrected chi connectivity index (χ3v) is 5.12. The van der Waals surface area contributed by atoms with E-state index in [1.54, 1.807) is 6.07 Å². The van der Waals surface area contributed by atoms with E-state index in [2.05, 4.69) is 30.7 Å². The van der Waals surface area contributed by atoms with Crippen molar-refractivity contribution >= 4 is 33.6 Å². The standard InChI is InChI=1S/C24H22N2O3/c1-24(2,3)15-11-9-14(10-12-15)22(27)21-20-17(13-19(26-21)23(28)29-4)16-7-5-6-8-18(16)25-20/h5-13,25H,1-4H3. The Kier molecular flexibility index (Phi) is 4.46. The second kappa shape index (κ2) is 6.85. The van der Waals surface area contributed by atoms with Gasteiger partial charge in [0, 0.05) is 21.9 Å². The topological polar surface area (TPSA) is 72.1 Å². The lowest BCUT2D eigenvalue weighted by Crippen LogP contribution is -2.13. The summed E-state index contributed by atoms with van der Waals surface area (Å²) in [5.41, 5.74) is 3.47. The first-order chi connectivity index (χ1) is 13.8. The molecule has 0 aliphatic heterocycles. The van der Waals surface area contributed by atoms with Crippen LogP contribution in [-0.4, -0.2) is 28.8 Å². The van der Waals surface area contributed by atoms with Crippen LogP contribution in [-0.2, 0) is 10.2 Å². The number of esters is 1. The van der Waals surface area contributed by atoms with Crippen molar-refractivity contribution < 1.29 is 14.3 Å². The molecule has 0 bridgehead atoms. The molecule has 0 aliphatic rings. The number of nitrogens with zero attached hydrogens (tertiary/aromatic N) is 1. The van der Waals surface area contributed by atoms with Gasteiger partial charge in [0.05, 0.1) is 12.6 Å². The second-order valence-electron chi connectivity index (χ2n) is 8.10. The molecule has 2 heterocycles. The zero-order valence-corrected chi connectivity index (χ0v) is 16.9. The van der Waals surface area contributed by atoms with Crippen molar-refractivity contribution in [3.8, 4) is 0 Å². The monoisotopic (exact) mass is 386 g/mol. The highest BCUT2D eigenvalue weighted by Gasteiger charge is 2.22. The lowest BCUT2D eigenvalue weighted by atomic mass is 9.86. The number of H-pyrrole nitrogens is 1. The summed E-state index contributed by atoms with van der Waals surface area (Å²) in [5, 5.41) is 1.69. The van der Waals surface area contributed by atoms with E-state index < -0.39 is 5.97 Å². The summed E-state index contributed by atoms with van der Waals surface area (Å²) in [6, 6.07) is 16.9. The molecule has 0 aliphatic carbocycles. The molecule has 2 aromatic carbocycles. The molecule has 0 radical (unpaired) electrons. The molecule has 0 spiro atoms. The molecular formula is C24H22N2O3. The third-order valence-electron chi connectivity index (χ3n) is 5.12. The minimum atomic E-state index is -0.575. The molecule has 0 amide bonds. The molecule has 1 N–H and O–H groups in total. The predicted octanol–water partition coefficient (Wildman–Crippen LogP) is 5.03. The number of methoxy groups -OCH3 is 1. The van der Waals surface area contributed by atoms with Gasteiger partial charge in [0.1, 0.15) is 11.4 Å². The molecule has 4 aromatic rings. The number of aromatic amines is 1. The highest BCUT2D eigenvalue weighted by Crippen LogP contribution is 2.29. The first-order valence-corrected chi connectivity index (χ1v) is 9.44. The van der Waals surface area contributed by atoms with Crippen molar-refractivity contribution in [1.82, 2.24) is 9.97 Å². The van der Waals surface area contributed by atoms with E-state index in [-0.39, 0.29) is 22.6 Å². The number of para-hydroxylation sites is 1. The quantitative estimate of drug-likeness (QED) is 0.396. The van der Waals surface area contributed by atoms with E-state index in [4.69, 9.17) is 4.74 Å². The lowest BCUT2D eigenvalue weighted by Gasteiger charge is -2.19. The number of carbonyl (C=O) groups is 2. The first-order valence-electron chi connectivity index (χ1n) is 9.44. The van der Waals surface area contributed by atoms with E-state index in [9.17, 15) is 9.59 Å². The van der Waals surface area contributed by atoms with Crippen molar-refractivity contribution in [2.45, 2.75) is 26.2 Å². The average molecular weight is 386 g/mol. The van der Waals surface area contributed by atoms with Crippen molar-refractivity contribution in [3.63, 3.8) is 0 Å². The summed E-state index contributed by atoms with van der Waals surface area (Å²) in [6.45, 7) is 6.37. The van der Waals surface area contributed by atoms with Gasteiger partial charge in [0.25, 0.3) is 0 Å². The van der Waals surface area contributed by atoms with Crippen molar-refractivity contribution in [1.29, 1.82) is 0 Å². The van der Waals surface area contributed by atoms with Crippen LogP contribution < -0.4 is 0 Å². The van der Waals surface area contributed by atoms with Gasteiger partial charge in [-0.3, -0.25) is 4.79 Å². The number of hydrogen-bond acceptors (Lipinski definition) is 4. The molecule has 0 saturated heterocycles. The molecule has 29 heavy (non-hydrogen) atoms. The third kappa shape index (κ3) is 3.29. The van der Waals surface area contributed by atoms with Gasteiger partial charge in [-0.05, 0) is 23.1 Å². The fraction of sp³-hybridized carbons (Fsp3) is 0.208. The zero-order chi connectivity index (χ0) is 20.8. The SMILES string of the molecule is COC(=O)c1cc2c([nH]c3ccccc32)c(C(=O)c2ccc(C(C)(C)C)cc2)n1. The first kappa shape index (κ1) is 18.9. The molecule has 0 unspecified atom stereocenters. The number of nitrogens with one attached hydrogen (secondary N) is 1. The van der Waals surface area contributed by atoms with Crippen LogP contribution in [0.15, 0.2) is 54.6 Å². The van der Waals surface area contributed by atoms with Crippen LogP contribution in [0.2, 0.25) is 0 Å². The summed E-state index contributed by atoms with van der Waals surface area (Å²) in [5.74, 6) is -0.818. The van der Waals surface area contributed by atoms with Crippen LogP contribution in [0, 0.1) is 0 Å². The van der Waals surface area contributed by atoms with E-state index in [0.29, 0.717) is 11.1 Å². The van der Waals surface area contributed by atoms with Gasteiger partial charge in [-0.15, -0.1) is 0 Å². The Hall–Kier alpha value is -3.47. The number of rotatable bonds is 3. The summed E-state index contributed by atoms with van der Waals surface area (Å²) in [7, 11) is 1.30. The van der Waals surface area contributed by atoms with Gasteiger partial charge in [-0.2, -0.15) is 0 Å². The van der Waals surface area contributed by atoms with Gasteiger partial charge < -0.3 is 9.72 Å². The Bertz CT molecular complexity index is 1250. The van der Waals surface area contributed by atoms with Crippen LogP contribution in [0.5, 0.6) is 0 Å². The number of ether oxygens (including phenoxy) is 1. The fourth-order valence-corrected chi connectivity index (χ4v) is 3.48. The van der Waals surface area contributed by atoms with Crippen molar-refractivity contribution in [3.05, 3.63) is 77.1 Å². The highest BCUT2D eigenvalue weighted by atomic mass is 16.5. The summed E-state index contributed by atoms with van der Waals surface area (Å²) < 4.78 is 4.84. The number of carbonyl (C=O) groups excluding carboxylic acids is 2. The van der Waals surface area contributed by atoms with Crippen molar-refractivity contribution in [2.24, 2.45) is 0 Å².